The molecule has 0 atom stereocenters. The molecule has 2 rings (SSSR count). The first-order valence-corrected chi connectivity index (χ1v) is 9.93. The van der Waals surface area contributed by atoms with Gasteiger partial charge in [0.2, 0.25) is 5.91 Å². The van der Waals surface area contributed by atoms with Crippen LogP contribution in [0, 0.1) is 0 Å². The van der Waals surface area contributed by atoms with Crippen LogP contribution >= 0.6 is 11.8 Å². The summed E-state index contributed by atoms with van der Waals surface area (Å²) in [5.41, 5.74) is -1.04. The highest BCUT2D eigenvalue weighted by atomic mass is 32.2. The first-order chi connectivity index (χ1) is 13.1. The first kappa shape index (κ1) is 22.1. The summed E-state index contributed by atoms with van der Waals surface area (Å²) in [5, 5.41) is 3.45. The molecule has 154 valence electrons. The van der Waals surface area contributed by atoms with Crippen LogP contribution in [0.1, 0.15) is 33.0 Å². The van der Waals surface area contributed by atoms with E-state index in [1.165, 1.54) is 23.4 Å². The number of thioether (sulfide) groups is 1. The van der Waals surface area contributed by atoms with E-state index in [1.54, 1.807) is 14.2 Å². The molecule has 0 saturated carbocycles. The van der Waals surface area contributed by atoms with Gasteiger partial charge >= 0.3 is 5.69 Å². The molecule has 0 aliphatic heterocycles. The first-order valence-electron chi connectivity index (χ1n) is 8.94. The normalized spacial score (nSPS) is 11.8. The molecule has 0 fully saturated rings. The fourth-order valence-electron chi connectivity index (χ4n) is 2.50. The van der Waals surface area contributed by atoms with Crippen LogP contribution in [0.4, 0.5) is 0 Å². The Kier molecular flexibility index (Phi) is 7.00. The van der Waals surface area contributed by atoms with E-state index in [0.29, 0.717) is 24.0 Å². The molecular formula is C18H27N5O4S. The number of nitrogens with one attached hydrogen (secondary N) is 1. The number of methoxy groups -OCH3 is 1. The van der Waals surface area contributed by atoms with Crippen molar-refractivity contribution in [1.82, 2.24) is 24.4 Å². The number of hydrogen-bond acceptors (Lipinski definition) is 7. The molecule has 0 spiro atoms. The number of hydrogen-bond donors (Lipinski definition) is 1. The van der Waals surface area contributed by atoms with Crippen molar-refractivity contribution in [1.29, 1.82) is 0 Å². The zero-order valence-corrected chi connectivity index (χ0v) is 18.0. The molecule has 0 saturated heterocycles. The van der Waals surface area contributed by atoms with Gasteiger partial charge in [-0.2, -0.15) is 0 Å². The van der Waals surface area contributed by atoms with E-state index in [-0.39, 0.29) is 28.1 Å². The predicted octanol–water partition coefficient (Wildman–Crippen LogP) is 0.570. The molecule has 1 N–H and O–H groups in total. The molecule has 0 aromatic carbocycles. The zero-order valence-electron chi connectivity index (χ0n) is 17.2. The number of fused-ring (bicyclic) bond motifs is 1. The third-order valence-electron chi connectivity index (χ3n) is 4.12. The Morgan fingerprint density at radius 1 is 1.18 bits per heavy atom. The number of carbonyl (C=O) groups excluding carboxylic acids is 1. The Balaban J connectivity index is 2.44. The van der Waals surface area contributed by atoms with E-state index in [0.717, 1.165) is 11.0 Å². The highest BCUT2D eigenvalue weighted by Gasteiger charge is 2.23. The quantitative estimate of drug-likeness (QED) is 0.405. The maximum absolute atomic E-state index is 12.7. The van der Waals surface area contributed by atoms with Crippen molar-refractivity contribution >= 4 is 28.7 Å². The van der Waals surface area contributed by atoms with Crippen LogP contribution in [-0.2, 0) is 29.0 Å². The maximum atomic E-state index is 12.7. The van der Waals surface area contributed by atoms with Gasteiger partial charge in [-0.15, -0.1) is 0 Å². The van der Waals surface area contributed by atoms with Crippen molar-refractivity contribution in [2.75, 3.05) is 26.0 Å². The number of carbonyl (C=O) groups is 1. The van der Waals surface area contributed by atoms with Crippen LogP contribution in [0.2, 0.25) is 0 Å². The van der Waals surface area contributed by atoms with Gasteiger partial charge in [-0.3, -0.25) is 18.7 Å². The number of rotatable bonds is 7. The molecule has 10 heteroatoms. The van der Waals surface area contributed by atoms with Crippen molar-refractivity contribution < 1.29 is 9.53 Å². The van der Waals surface area contributed by atoms with Crippen LogP contribution in [0.25, 0.3) is 11.0 Å². The fourth-order valence-corrected chi connectivity index (χ4v) is 3.34. The van der Waals surface area contributed by atoms with E-state index < -0.39 is 11.2 Å². The molecule has 0 bridgehead atoms. The Bertz CT molecular complexity index is 991. The monoisotopic (exact) mass is 409 g/mol. The second kappa shape index (κ2) is 8.87. The second-order valence-corrected chi connectivity index (χ2v) is 8.46. The lowest BCUT2D eigenvalue weighted by Crippen LogP contribution is -2.38. The zero-order chi connectivity index (χ0) is 21.1. The summed E-state index contributed by atoms with van der Waals surface area (Å²) >= 11 is 1.17. The van der Waals surface area contributed by atoms with Gasteiger partial charge in [0, 0.05) is 39.8 Å². The van der Waals surface area contributed by atoms with E-state index in [4.69, 9.17) is 4.74 Å². The van der Waals surface area contributed by atoms with Gasteiger partial charge in [-0.25, -0.2) is 14.8 Å². The standard InChI is InChI=1S/C18H27N5O4S/c1-18(2,3)16-20-13-12(15(25)23(5)17(26)22(13)4)14(21-16)28-10-11(24)19-8-7-9-27-6/h7-10H2,1-6H3,(H,19,24). The van der Waals surface area contributed by atoms with Crippen LogP contribution in [-0.4, -0.2) is 51.0 Å². The van der Waals surface area contributed by atoms with Crippen molar-refractivity contribution in [3.05, 3.63) is 26.7 Å². The number of aromatic nitrogens is 4. The van der Waals surface area contributed by atoms with Crippen LogP contribution in [0.3, 0.4) is 0 Å². The minimum atomic E-state index is -0.471. The molecule has 0 aliphatic rings. The summed E-state index contributed by atoms with van der Waals surface area (Å²) in [6.45, 7) is 6.93. The lowest BCUT2D eigenvalue weighted by atomic mass is 9.96. The van der Waals surface area contributed by atoms with Gasteiger partial charge < -0.3 is 10.1 Å². The van der Waals surface area contributed by atoms with Gasteiger partial charge in [0.25, 0.3) is 5.56 Å². The average Bonchev–Trinajstić information content (AvgIpc) is 2.64. The van der Waals surface area contributed by atoms with E-state index in [9.17, 15) is 14.4 Å². The summed E-state index contributed by atoms with van der Waals surface area (Å²) in [7, 11) is 4.59. The molecule has 2 aromatic rings. The van der Waals surface area contributed by atoms with Crippen molar-refractivity contribution in [3.63, 3.8) is 0 Å². The summed E-state index contributed by atoms with van der Waals surface area (Å²) in [5.74, 6) is 0.451. The molecule has 9 nitrogen and oxygen atoms in total. The number of aryl methyl sites for hydroxylation is 1. The summed E-state index contributed by atoms with van der Waals surface area (Å²) in [6.07, 6.45) is 0.722. The summed E-state index contributed by atoms with van der Waals surface area (Å²) < 4.78 is 7.31. The van der Waals surface area contributed by atoms with Gasteiger partial charge in [-0.05, 0) is 6.42 Å². The number of nitrogens with zero attached hydrogens (tertiary/aromatic N) is 4. The lowest BCUT2D eigenvalue weighted by molar-refractivity contribution is -0.118. The highest BCUT2D eigenvalue weighted by molar-refractivity contribution is 8.00. The Labute approximate surface area is 167 Å². The van der Waals surface area contributed by atoms with Gasteiger partial charge in [0.15, 0.2) is 5.65 Å². The summed E-state index contributed by atoms with van der Waals surface area (Å²) in [4.78, 5) is 46.2. The lowest BCUT2D eigenvalue weighted by Gasteiger charge is -2.19. The van der Waals surface area contributed by atoms with Crippen LogP contribution in [0.5, 0.6) is 0 Å². The third-order valence-corrected chi connectivity index (χ3v) is 5.10. The molecule has 0 aliphatic carbocycles. The predicted molar refractivity (Wildman–Crippen MR) is 109 cm³/mol. The van der Waals surface area contributed by atoms with Crippen molar-refractivity contribution in [3.8, 4) is 0 Å². The molecule has 2 heterocycles. The topological polar surface area (TPSA) is 108 Å². The van der Waals surface area contributed by atoms with Crippen molar-refractivity contribution in [2.24, 2.45) is 14.1 Å². The van der Waals surface area contributed by atoms with Gasteiger partial charge in [-0.1, -0.05) is 32.5 Å². The third kappa shape index (κ3) is 4.79. The second-order valence-electron chi connectivity index (χ2n) is 7.49. The number of ether oxygens (including phenoxy) is 1. The average molecular weight is 410 g/mol. The van der Waals surface area contributed by atoms with Gasteiger partial charge in [0.05, 0.1) is 5.75 Å². The Hall–Kier alpha value is -2.20. The fraction of sp³-hybridized carbons (Fsp3) is 0.611. The maximum Gasteiger partial charge on any atom is 0.332 e. The molecule has 2 aromatic heterocycles. The minimum absolute atomic E-state index is 0.106. The Morgan fingerprint density at radius 2 is 1.86 bits per heavy atom. The van der Waals surface area contributed by atoms with Gasteiger partial charge in [0.1, 0.15) is 16.2 Å². The highest BCUT2D eigenvalue weighted by Crippen LogP contribution is 2.26. The molecule has 0 radical (unpaired) electrons. The van der Waals surface area contributed by atoms with E-state index >= 15 is 0 Å². The van der Waals surface area contributed by atoms with E-state index in [2.05, 4.69) is 15.3 Å². The Morgan fingerprint density at radius 3 is 2.46 bits per heavy atom. The molecule has 0 unspecified atom stereocenters. The minimum Gasteiger partial charge on any atom is -0.385 e. The largest absolute Gasteiger partial charge is 0.385 e. The van der Waals surface area contributed by atoms with Crippen LogP contribution < -0.4 is 16.6 Å². The molecule has 28 heavy (non-hydrogen) atoms. The smallest absolute Gasteiger partial charge is 0.332 e. The summed E-state index contributed by atoms with van der Waals surface area (Å²) in [6, 6.07) is 0. The number of amides is 1. The SMILES string of the molecule is COCCCNC(=O)CSc1nc(C(C)(C)C)nc2c1c(=O)n(C)c(=O)n2C. The van der Waals surface area contributed by atoms with E-state index in [1.807, 2.05) is 20.8 Å². The molecular weight excluding hydrogens is 382 g/mol. The van der Waals surface area contributed by atoms with Crippen LogP contribution in [0.15, 0.2) is 14.6 Å². The molecule has 1 amide bonds. The van der Waals surface area contributed by atoms with Crippen molar-refractivity contribution in [2.45, 2.75) is 37.6 Å².